The quantitative estimate of drug-likeness (QED) is 0.424. The van der Waals surface area contributed by atoms with Crippen LogP contribution in [0.3, 0.4) is 0 Å². The van der Waals surface area contributed by atoms with E-state index in [0.717, 1.165) is 24.3 Å². The molecule has 1 fully saturated rings. The normalized spacial score (nSPS) is 13.5. The molecule has 9 heteroatoms. The van der Waals surface area contributed by atoms with Gasteiger partial charge in [0.25, 0.3) is 5.91 Å². The van der Waals surface area contributed by atoms with E-state index >= 15 is 0 Å². The molecule has 2 aromatic carbocycles. The fraction of sp³-hybridized carbons (Fsp3) is 0.345. The van der Waals surface area contributed by atoms with Crippen molar-refractivity contribution in [2.75, 3.05) is 42.9 Å². The van der Waals surface area contributed by atoms with E-state index in [2.05, 4.69) is 24.1 Å². The monoisotopic (exact) mass is 536 g/mol. The molecule has 1 aliphatic rings. The Hall–Kier alpha value is -3.72. The van der Waals surface area contributed by atoms with Gasteiger partial charge in [-0.05, 0) is 59.3 Å². The molecule has 0 aliphatic carbocycles. The highest BCUT2D eigenvalue weighted by molar-refractivity contribution is 7.12. The molecule has 0 bridgehead atoms. The summed E-state index contributed by atoms with van der Waals surface area (Å²) in [6.07, 6.45) is 0.578. The number of piperazine rings is 1. The minimum Gasteiger partial charge on any atom is -0.368 e. The predicted molar refractivity (Wildman–Crippen MR) is 149 cm³/mol. The van der Waals surface area contributed by atoms with Gasteiger partial charge in [0.05, 0.1) is 4.88 Å². The Morgan fingerprint density at radius 1 is 0.974 bits per heavy atom. The number of amides is 3. The van der Waals surface area contributed by atoms with Crippen LogP contribution in [-0.4, -0.2) is 60.2 Å². The third kappa shape index (κ3) is 7.41. The van der Waals surface area contributed by atoms with Crippen LogP contribution >= 0.6 is 11.3 Å². The molecule has 7 nitrogen and oxygen atoms in total. The van der Waals surface area contributed by atoms with Crippen LogP contribution in [-0.2, 0) is 16.1 Å². The van der Waals surface area contributed by atoms with Gasteiger partial charge in [0.15, 0.2) is 0 Å². The second kappa shape index (κ2) is 12.7. The summed E-state index contributed by atoms with van der Waals surface area (Å²) in [6.45, 7) is 7.09. The minimum absolute atomic E-state index is 0.137. The van der Waals surface area contributed by atoms with Gasteiger partial charge in [-0.1, -0.05) is 32.0 Å². The van der Waals surface area contributed by atoms with Gasteiger partial charge in [0.1, 0.15) is 12.4 Å². The molecule has 4 rings (SSSR count). The summed E-state index contributed by atoms with van der Waals surface area (Å²) in [6, 6.07) is 17.0. The van der Waals surface area contributed by atoms with Crippen molar-refractivity contribution in [2.45, 2.75) is 26.8 Å². The third-order valence-electron chi connectivity index (χ3n) is 6.37. The number of carbonyl (C=O) groups excluding carboxylic acids is 3. The van der Waals surface area contributed by atoms with Crippen LogP contribution in [0, 0.1) is 11.7 Å². The molecule has 0 spiro atoms. The van der Waals surface area contributed by atoms with Crippen molar-refractivity contribution in [3.8, 4) is 0 Å². The lowest BCUT2D eigenvalue weighted by Gasteiger charge is -2.36. The fourth-order valence-electron chi connectivity index (χ4n) is 4.39. The summed E-state index contributed by atoms with van der Waals surface area (Å²) in [5, 5.41) is 4.69. The number of benzene rings is 2. The lowest BCUT2D eigenvalue weighted by Crippen LogP contribution is -2.49. The zero-order valence-electron chi connectivity index (χ0n) is 21.7. The van der Waals surface area contributed by atoms with Gasteiger partial charge in [-0.15, -0.1) is 11.3 Å². The van der Waals surface area contributed by atoms with Crippen LogP contribution in [0.1, 0.15) is 35.5 Å². The minimum atomic E-state index is -0.354. The fourth-order valence-corrected chi connectivity index (χ4v) is 5.08. The second-order valence-corrected chi connectivity index (χ2v) is 10.8. The van der Waals surface area contributed by atoms with Crippen LogP contribution in [0.5, 0.6) is 0 Å². The predicted octanol–water partition coefficient (Wildman–Crippen LogP) is 4.86. The number of hydrogen-bond donors (Lipinski definition) is 1. The lowest BCUT2D eigenvalue weighted by atomic mass is 10.1. The number of hydrogen-bond acceptors (Lipinski definition) is 5. The highest BCUT2D eigenvalue weighted by atomic mass is 32.1. The van der Waals surface area contributed by atoms with Gasteiger partial charge in [-0.3, -0.25) is 14.4 Å². The van der Waals surface area contributed by atoms with Gasteiger partial charge in [-0.25, -0.2) is 4.39 Å². The van der Waals surface area contributed by atoms with E-state index in [4.69, 9.17) is 0 Å². The maximum absolute atomic E-state index is 13.3. The molecule has 2 heterocycles. The number of rotatable bonds is 9. The van der Waals surface area contributed by atoms with Crippen LogP contribution in [0.4, 0.5) is 15.8 Å². The number of nitrogens with one attached hydrogen (secondary N) is 1. The summed E-state index contributed by atoms with van der Waals surface area (Å²) < 4.78 is 13.3. The summed E-state index contributed by atoms with van der Waals surface area (Å²) in [5.74, 6) is -0.355. The van der Waals surface area contributed by atoms with E-state index in [-0.39, 0.29) is 36.6 Å². The SMILES string of the molecule is CC(C)CC(=O)N1CCN(c2ccc(NC(=O)CN(Cc3ccc(F)cc3)C(=O)c3cccs3)cc2)CC1. The first-order valence-corrected chi connectivity index (χ1v) is 13.7. The van der Waals surface area contributed by atoms with E-state index in [1.165, 1.54) is 28.4 Å². The first-order valence-electron chi connectivity index (χ1n) is 12.8. The Balaban J connectivity index is 1.34. The Morgan fingerprint density at radius 2 is 1.66 bits per heavy atom. The maximum atomic E-state index is 13.3. The zero-order valence-corrected chi connectivity index (χ0v) is 22.5. The molecular weight excluding hydrogens is 503 g/mol. The summed E-state index contributed by atoms with van der Waals surface area (Å²) >= 11 is 1.31. The van der Waals surface area contributed by atoms with Gasteiger partial charge >= 0.3 is 0 Å². The van der Waals surface area contributed by atoms with Crippen molar-refractivity contribution in [1.29, 1.82) is 0 Å². The highest BCUT2D eigenvalue weighted by Gasteiger charge is 2.23. The molecule has 0 unspecified atom stereocenters. The van der Waals surface area contributed by atoms with Crippen LogP contribution < -0.4 is 10.2 Å². The van der Waals surface area contributed by atoms with Crippen molar-refractivity contribution < 1.29 is 18.8 Å². The molecule has 0 radical (unpaired) electrons. The molecule has 3 amide bonds. The van der Waals surface area contributed by atoms with Gasteiger partial charge < -0.3 is 20.0 Å². The van der Waals surface area contributed by atoms with E-state index in [0.29, 0.717) is 36.0 Å². The van der Waals surface area contributed by atoms with Gasteiger partial charge in [0, 0.05) is 50.5 Å². The molecule has 1 saturated heterocycles. The third-order valence-corrected chi connectivity index (χ3v) is 7.23. The van der Waals surface area contributed by atoms with E-state index < -0.39 is 0 Å². The topological polar surface area (TPSA) is 73.0 Å². The number of carbonyl (C=O) groups is 3. The average Bonchev–Trinajstić information content (AvgIpc) is 3.44. The maximum Gasteiger partial charge on any atom is 0.264 e. The number of anilines is 2. The highest BCUT2D eigenvalue weighted by Crippen LogP contribution is 2.21. The van der Waals surface area contributed by atoms with Crippen LogP contribution in [0.2, 0.25) is 0 Å². The smallest absolute Gasteiger partial charge is 0.264 e. The van der Waals surface area contributed by atoms with Crippen LogP contribution in [0.15, 0.2) is 66.0 Å². The first-order chi connectivity index (χ1) is 18.3. The van der Waals surface area contributed by atoms with Crippen molar-refractivity contribution in [1.82, 2.24) is 9.80 Å². The van der Waals surface area contributed by atoms with Crippen molar-refractivity contribution in [3.63, 3.8) is 0 Å². The lowest BCUT2D eigenvalue weighted by molar-refractivity contribution is -0.132. The second-order valence-electron chi connectivity index (χ2n) is 9.83. The number of halogens is 1. The van der Waals surface area contributed by atoms with E-state index in [1.54, 1.807) is 24.3 Å². The molecule has 0 saturated carbocycles. The van der Waals surface area contributed by atoms with Gasteiger partial charge in [-0.2, -0.15) is 0 Å². The molecule has 38 heavy (non-hydrogen) atoms. The van der Waals surface area contributed by atoms with Crippen molar-refractivity contribution in [2.24, 2.45) is 5.92 Å². The molecule has 1 aliphatic heterocycles. The summed E-state index contributed by atoms with van der Waals surface area (Å²) in [5.41, 5.74) is 2.40. The molecule has 3 aromatic rings. The number of thiophene rings is 1. The summed E-state index contributed by atoms with van der Waals surface area (Å²) in [4.78, 5) is 44.4. The number of nitrogens with zero attached hydrogens (tertiary/aromatic N) is 3. The van der Waals surface area contributed by atoms with Crippen molar-refractivity contribution >= 4 is 40.4 Å². The molecule has 1 N–H and O–H groups in total. The molecule has 0 atom stereocenters. The average molecular weight is 537 g/mol. The Bertz CT molecular complexity index is 1220. The molecule has 200 valence electrons. The van der Waals surface area contributed by atoms with Crippen molar-refractivity contribution in [3.05, 3.63) is 82.3 Å². The Labute approximate surface area is 226 Å². The van der Waals surface area contributed by atoms with E-state index in [9.17, 15) is 18.8 Å². The van der Waals surface area contributed by atoms with Gasteiger partial charge in [0.2, 0.25) is 11.8 Å². The molecule has 1 aromatic heterocycles. The largest absolute Gasteiger partial charge is 0.368 e. The first kappa shape index (κ1) is 27.3. The summed E-state index contributed by atoms with van der Waals surface area (Å²) in [7, 11) is 0. The van der Waals surface area contributed by atoms with Crippen LogP contribution in [0.25, 0.3) is 0 Å². The standard InChI is InChI=1S/C29H33FN4O3S/c1-21(2)18-28(36)33-15-13-32(14-16-33)25-11-9-24(10-12-25)31-27(35)20-34(29(37)26-4-3-17-38-26)19-22-5-7-23(30)8-6-22/h3-12,17,21H,13-16,18-20H2,1-2H3,(H,31,35). The molecular formula is C29H33FN4O3S. The van der Waals surface area contributed by atoms with E-state index in [1.807, 2.05) is 34.5 Å². The Morgan fingerprint density at radius 3 is 2.26 bits per heavy atom. The zero-order chi connectivity index (χ0) is 27.1. The Kier molecular flexibility index (Phi) is 9.12.